The fourth-order valence-electron chi connectivity index (χ4n) is 1.35. The van der Waals surface area contributed by atoms with Gasteiger partial charge in [-0.1, -0.05) is 13.8 Å². The Morgan fingerprint density at radius 3 is 2.50 bits per heavy atom. The molecule has 0 fully saturated rings. The Labute approximate surface area is 121 Å². The van der Waals surface area contributed by atoms with Gasteiger partial charge in [-0.25, -0.2) is 0 Å². The van der Waals surface area contributed by atoms with Crippen molar-refractivity contribution < 1.29 is 9.90 Å². The van der Waals surface area contributed by atoms with E-state index < -0.39 is 6.04 Å². The summed E-state index contributed by atoms with van der Waals surface area (Å²) in [6, 6.07) is 2.88. The van der Waals surface area contributed by atoms with Crippen molar-refractivity contribution in [1.82, 2.24) is 0 Å². The fourth-order valence-corrected chi connectivity index (χ4v) is 1.92. The molecule has 0 aliphatic rings. The first-order valence-corrected chi connectivity index (χ1v) is 6.17. The number of halogens is 2. The molecule has 0 heterocycles. The number of benzene rings is 1. The third kappa shape index (κ3) is 4.15. The molecule has 0 bridgehead atoms. The molecule has 18 heavy (non-hydrogen) atoms. The average Bonchev–Trinajstić information content (AvgIpc) is 2.23. The van der Waals surface area contributed by atoms with Gasteiger partial charge in [0.15, 0.2) is 5.75 Å². The highest BCUT2D eigenvalue weighted by molar-refractivity contribution is 9.10. The van der Waals surface area contributed by atoms with E-state index in [2.05, 4.69) is 21.2 Å². The number of nitrogens with two attached hydrogens (primary N) is 1. The highest BCUT2D eigenvalue weighted by atomic mass is 79.9. The summed E-state index contributed by atoms with van der Waals surface area (Å²) in [6.07, 6.45) is 0. The Hall–Kier alpha value is -0.780. The van der Waals surface area contributed by atoms with Crippen LogP contribution >= 0.6 is 28.3 Å². The summed E-state index contributed by atoms with van der Waals surface area (Å²) in [4.78, 5) is 11.8. The number of phenolic OH excluding ortho intramolecular Hbond substituents is 1. The third-order valence-electron chi connectivity index (χ3n) is 2.49. The van der Waals surface area contributed by atoms with Gasteiger partial charge in [0.2, 0.25) is 5.91 Å². The van der Waals surface area contributed by atoms with Crippen molar-refractivity contribution in [2.24, 2.45) is 11.7 Å². The van der Waals surface area contributed by atoms with Crippen LogP contribution in [0.1, 0.15) is 19.4 Å². The van der Waals surface area contributed by atoms with Gasteiger partial charge in [-0.2, -0.15) is 0 Å². The highest BCUT2D eigenvalue weighted by Crippen LogP contribution is 2.33. The number of carbonyl (C=O) groups excluding carboxylic acids is 1. The number of aromatic hydroxyl groups is 1. The van der Waals surface area contributed by atoms with Crippen molar-refractivity contribution in [1.29, 1.82) is 0 Å². The molecule has 102 valence electrons. The van der Waals surface area contributed by atoms with E-state index in [-0.39, 0.29) is 30.0 Å². The Morgan fingerprint density at radius 1 is 1.44 bits per heavy atom. The first-order valence-electron chi connectivity index (χ1n) is 5.38. The molecule has 1 rings (SSSR count). The Balaban J connectivity index is 0.00000289. The lowest BCUT2D eigenvalue weighted by molar-refractivity contribution is -0.118. The summed E-state index contributed by atoms with van der Waals surface area (Å²) >= 11 is 3.22. The molecule has 0 aliphatic carbocycles. The fraction of sp³-hybridized carbons (Fsp3) is 0.417. The molecule has 0 saturated carbocycles. The molecule has 0 unspecified atom stereocenters. The zero-order valence-electron chi connectivity index (χ0n) is 10.5. The van der Waals surface area contributed by atoms with Crippen LogP contribution in [-0.4, -0.2) is 17.1 Å². The molecule has 4 N–H and O–H groups in total. The summed E-state index contributed by atoms with van der Waals surface area (Å²) in [5.41, 5.74) is 7.04. The second kappa shape index (κ2) is 6.97. The van der Waals surface area contributed by atoms with Crippen LogP contribution in [0.2, 0.25) is 0 Å². The minimum atomic E-state index is -0.589. The average molecular weight is 338 g/mol. The Bertz CT molecular complexity index is 438. The molecule has 0 aliphatic heterocycles. The van der Waals surface area contributed by atoms with Gasteiger partial charge in [0.25, 0.3) is 0 Å². The molecule has 0 saturated heterocycles. The number of hydrogen-bond donors (Lipinski definition) is 3. The van der Waals surface area contributed by atoms with E-state index in [9.17, 15) is 9.90 Å². The van der Waals surface area contributed by atoms with Crippen molar-refractivity contribution in [2.45, 2.75) is 26.8 Å². The zero-order valence-corrected chi connectivity index (χ0v) is 12.9. The summed E-state index contributed by atoms with van der Waals surface area (Å²) in [5.74, 6) is -0.238. The highest BCUT2D eigenvalue weighted by Gasteiger charge is 2.19. The van der Waals surface area contributed by atoms with Gasteiger partial charge >= 0.3 is 0 Å². The lowest BCUT2D eigenvalue weighted by Crippen LogP contribution is -2.39. The van der Waals surface area contributed by atoms with Gasteiger partial charge in [-0.3, -0.25) is 4.79 Å². The van der Waals surface area contributed by atoms with Crippen LogP contribution in [0.4, 0.5) is 5.69 Å². The second-order valence-electron chi connectivity index (χ2n) is 4.40. The molecule has 6 heteroatoms. The molecule has 1 atom stereocenters. The van der Waals surface area contributed by atoms with Crippen LogP contribution in [0, 0.1) is 12.8 Å². The van der Waals surface area contributed by atoms with Crippen LogP contribution in [-0.2, 0) is 4.79 Å². The molecule has 0 radical (unpaired) electrons. The predicted octanol–water partition coefficient (Wildman–Crippen LogP) is 2.81. The monoisotopic (exact) mass is 336 g/mol. The number of hydrogen-bond acceptors (Lipinski definition) is 3. The second-order valence-corrected chi connectivity index (χ2v) is 5.26. The lowest BCUT2D eigenvalue weighted by atomic mass is 10.0. The first kappa shape index (κ1) is 17.2. The quantitative estimate of drug-likeness (QED) is 0.742. The summed E-state index contributed by atoms with van der Waals surface area (Å²) in [5, 5.41) is 12.4. The van der Waals surface area contributed by atoms with E-state index in [1.54, 1.807) is 12.1 Å². The first-order chi connectivity index (χ1) is 7.82. The van der Waals surface area contributed by atoms with E-state index in [0.29, 0.717) is 10.2 Å². The number of carbonyl (C=O) groups is 1. The molecule has 0 aromatic heterocycles. The maximum atomic E-state index is 11.8. The van der Waals surface area contributed by atoms with E-state index in [0.717, 1.165) is 5.56 Å². The van der Waals surface area contributed by atoms with Crippen molar-refractivity contribution in [3.05, 3.63) is 22.2 Å². The maximum Gasteiger partial charge on any atom is 0.241 e. The van der Waals surface area contributed by atoms with Crippen LogP contribution in [0.25, 0.3) is 0 Å². The molecule has 1 amide bonds. The number of nitrogens with one attached hydrogen (secondary N) is 1. The van der Waals surface area contributed by atoms with E-state index in [1.807, 2.05) is 20.8 Å². The molecular weight excluding hydrogens is 320 g/mol. The van der Waals surface area contributed by atoms with Gasteiger partial charge < -0.3 is 16.2 Å². The Morgan fingerprint density at radius 2 is 2.00 bits per heavy atom. The summed E-state index contributed by atoms with van der Waals surface area (Å²) < 4.78 is 0.547. The molecule has 1 aromatic carbocycles. The standard InChI is InChI=1S/C12H17BrN2O2.ClH/c1-6(2)10(14)12(17)15-9-5-7(3)4-8(13)11(9)16;/h4-6,10,16H,14H2,1-3H3,(H,15,17);1H/t10-;/m0./s1. The van der Waals surface area contributed by atoms with Crippen molar-refractivity contribution in [3.8, 4) is 5.75 Å². The van der Waals surface area contributed by atoms with Gasteiger partial charge in [0.05, 0.1) is 16.2 Å². The van der Waals surface area contributed by atoms with Crippen LogP contribution in [0.3, 0.4) is 0 Å². The smallest absolute Gasteiger partial charge is 0.241 e. The summed E-state index contributed by atoms with van der Waals surface area (Å²) in [7, 11) is 0. The van der Waals surface area contributed by atoms with Crippen molar-refractivity contribution >= 4 is 39.9 Å². The molecule has 4 nitrogen and oxygen atoms in total. The van der Waals surface area contributed by atoms with Crippen molar-refractivity contribution in [3.63, 3.8) is 0 Å². The number of amides is 1. The van der Waals surface area contributed by atoms with Gasteiger partial charge in [-0.05, 0) is 46.5 Å². The minimum Gasteiger partial charge on any atom is -0.505 e. The molecular formula is C12H18BrClN2O2. The van der Waals surface area contributed by atoms with Crippen molar-refractivity contribution in [2.75, 3.05) is 5.32 Å². The maximum absolute atomic E-state index is 11.8. The molecule has 0 spiro atoms. The van der Waals surface area contributed by atoms with Crippen LogP contribution < -0.4 is 11.1 Å². The largest absolute Gasteiger partial charge is 0.505 e. The summed E-state index contributed by atoms with van der Waals surface area (Å²) in [6.45, 7) is 5.62. The number of anilines is 1. The van der Waals surface area contributed by atoms with E-state index in [4.69, 9.17) is 5.73 Å². The predicted molar refractivity (Wildman–Crippen MR) is 79.2 cm³/mol. The van der Waals surface area contributed by atoms with Crippen LogP contribution in [0.5, 0.6) is 5.75 Å². The van der Waals surface area contributed by atoms with Gasteiger partial charge in [0.1, 0.15) is 0 Å². The van der Waals surface area contributed by atoms with Crippen LogP contribution in [0.15, 0.2) is 16.6 Å². The topological polar surface area (TPSA) is 75.3 Å². The normalized spacial score (nSPS) is 11.9. The van der Waals surface area contributed by atoms with E-state index >= 15 is 0 Å². The Kier molecular flexibility index (Phi) is 6.67. The lowest BCUT2D eigenvalue weighted by Gasteiger charge is -2.16. The SMILES string of the molecule is Cc1cc(Br)c(O)c(NC(=O)[C@@H](N)C(C)C)c1.Cl. The number of rotatable bonds is 3. The van der Waals surface area contributed by atoms with Gasteiger partial charge in [0, 0.05) is 0 Å². The third-order valence-corrected chi connectivity index (χ3v) is 3.09. The van der Waals surface area contributed by atoms with Gasteiger partial charge in [-0.15, -0.1) is 12.4 Å². The van der Waals surface area contributed by atoms with E-state index in [1.165, 1.54) is 0 Å². The number of aryl methyl sites for hydroxylation is 1. The zero-order chi connectivity index (χ0) is 13.2. The number of phenols is 1. The minimum absolute atomic E-state index is 0. The molecule has 1 aromatic rings.